The van der Waals surface area contributed by atoms with Crippen LogP contribution in [0.3, 0.4) is 0 Å². The third-order valence-corrected chi connectivity index (χ3v) is 9.99. The average molecular weight is 583 g/mol. The summed E-state index contributed by atoms with van der Waals surface area (Å²) >= 11 is 1.11. The molecule has 2 unspecified atom stereocenters. The standard InChI is InChI=1S/C14H28N5O12P3S/c1-8(9(2)20)13(18-14(16)17)19(7-15)5-10-4-11(21)12(35-10)6-29-33(25,26)31-34(27,28-3)30-32(22,23)24/h7,10-12,15,21H,4-6H2,1-3H3,(H,25,26)(H4,16,17,18)(H2,22,23,24)/b13-8+,15-7?/t10-,11+,12-,34?/m1/s1. The normalized spacial score (nSPS) is 24.6. The van der Waals surface area contributed by atoms with Gasteiger partial charge in [-0.2, -0.15) is 13.6 Å². The highest BCUT2D eigenvalue weighted by atomic mass is 32.2. The minimum atomic E-state index is -5.41. The van der Waals surface area contributed by atoms with Crippen molar-refractivity contribution in [3.8, 4) is 0 Å². The van der Waals surface area contributed by atoms with E-state index in [2.05, 4.69) is 18.1 Å². The number of carbonyl (C=O) groups excluding carboxylic acids is 1. The number of aliphatic imine (C=N–C) groups is 1. The van der Waals surface area contributed by atoms with Crippen LogP contribution in [0.2, 0.25) is 0 Å². The number of nitrogens with zero attached hydrogens (tertiary/aromatic N) is 2. The van der Waals surface area contributed by atoms with Gasteiger partial charge in [0.05, 0.1) is 24.3 Å². The van der Waals surface area contributed by atoms with Gasteiger partial charge in [0.2, 0.25) is 0 Å². The Morgan fingerprint density at radius 3 is 2.29 bits per heavy atom. The lowest BCUT2D eigenvalue weighted by atomic mass is 10.1. The molecule has 0 radical (unpaired) electrons. The van der Waals surface area contributed by atoms with Gasteiger partial charge < -0.3 is 36.2 Å². The minimum absolute atomic E-state index is 0.0379. The first-order valence-electron chi connectivity index (χ1n) is 9.45. The summed E-state index contributed by atoms with van der Waals surface area (Å²) in [6.45, 7) is 2.23. The number of aliphatic hydroxyl groups excluding tert-OH is 1. The molecule has 1 fully saturated rings. The number of carbonyl (C=O) groups is 1. The summed E-state index contributed by atoms with van der Waals surface area (Å²) < 4.78 is 51.8. The van der Waals surface area contributed by atoms with Crippen molar-refractivity contribution in [2.75, 3.05) is 20.3 Å². The van der Waals surface area contributed by atoms with Crippen molar-refractivity contribution >= 4 is 53.3 Å². The molecule has 21 heteroatoms. The molecule has 0 spiro atoms. The summed E-state index contributed by atoms with van der Waals surface area (Å²) in [6, 6.07) is 0. The van der Waals surface area contributed by atoms with E-state index in [1.165, 1.54) is 18.7 Å². The maximum absolute atomic E-state index is 12.1. The largest absolute Gasteiger partial charge is 0.492 e. The zero-order chi connectivity index (χ0) is 27.2. The molecule has 0 saturated carbocycles. The van der Waals surface area contributed by atoms with Gasteiger partial charge in [-0.1, -0.05) is 0 Å². The number of phosphoric ester groups is 1. The first-order valence-corrected chi connectivity index (χ1v) is 14.9. The van der Waals surface area contributed by atoms with E-state index in [-0.39, 0.29) is 41.4 Å². The van der Waals surface area contributed by atoms with E-state index in [0.717, 1.165) is 18.1 Å². The van der Waals surface area contributed by atoms with Crippen LogP contribution in [0.4, 0.5) is 0 Å². The Morgan fingerprint density at radius 2 is 1.83 bits per heavy atom. The highest BCUT2D eigenvalue weighted by Crippen LogP contribution is 2.68. The quantitative estimate of drug-likeness (QED) is 0.0623. The minimum Gasteiger partial charge on any atom is -0.392 e. The summed E-state index contributed by atoms with van der Waals surface area (Å²) in [6.07, 6.45) is -0.0157. The molecule has 0 amide bonds. The Kier molecular flexibility index (Phi) is 11.8. The molecule has 1 aliphatic heterocycles. The summed E-state index contributed by atoms with van der Waals surface area (Å²) in [5.41, 5.74) is 11.0. The SMILES string of the molecule is COP(=O)(OP(=O)(O)O)OP(=O)(O)OC[C@H]1S[C@@H](CN(C=N)/C(N=C(N)N)=C(\C)C(C)=O)C[C@@H]1O. The van der Waals surface area contributed by atoms with Crippen LogP contribution in [-0.4, -0.2) is 79.6 Å². The van der Waals surface area contributed by atoms with E-state index in [9.17, 15) is 28.5 Å². The van der Waals surface area contributed by atoms with Crippen LogP contribution in [0.5, 0.6) is 0 Å². The molecule has 17 nitrogen and oxygen atoms in total. The zero-order valence-electron chi connectivity index (χ0n) is 18.8. The number of nitrogens with two attached hydrogens (primary N) is 2. The molecule has 0 aliphatic carbocycles. The van der Waals surface area contributed by atoms with Crippen LogP contribution in [0, 0.1) is 5.41 Å². The molecule has 35 heavy (non-hydrogen) atoms. The van der Waals surface area contributed by atoms with Gasteiger partial charge in [-0.25, -0.2) is 13.7 Å². The lowest BCUT2D eigenvalue weighted by Crippen LogP contribution is -2.32. The highest BCUT2D eigenvalue weighted by molar-refractivity contribution is 8.00. The van der Waals surface area contributed by atoms with Crippen LogP contribution in [0.25, 0.3) is 0 Å². The lowest BCUT2D eigenvalue weighted by Gasteiger charge is -2.24. The molecule has 9 N–H and O–H groups in total. The number of rotatable bonds is 14. The van der Waals surface area contributed by atoms with Crippen molar-refractivity contribution in [2.24, 2.45) is 16.5 Å². The van der Waals surface area contributed by atoms with Crippen LogP contribution >= 0.6 is 35.2 Å². The predicted molar refractivity (Wildman–Crippen MR) is 125 cm³/mol. The fourth-order valence-electron chi connectivity index (χ4n) is 2.67. The Labute approximate surface area is 204 Å². The fourth-order valence-corrected chi connectivity index (χ4v) is 7.78. The van der Waals surface area contributed by atoms with Crippen LogP contribution < -0.4 is 11.5 Å². The molecular weight excluding hydrogens is 555 g/mol. The number of guanidine groups is 1. The third-order valence-electron chi connectivity index (χ3n) is 4.26. The number of nitrogens with one attached hydrogen (secondary N) is 1. The monoisotopic (exact) mass is 583 g/mol. The summed E-state index contributed by atoms with van der Waals surface area (Å²) in [7, 11) is -15.1. The number of hydrogen-bond donors (Lipinski definition) is 7. The van der Waals surface area contributed by atoms with Crippen molar-refractivity contribution in [2.45, 2.75) is 36.9 Å². The Balaban J connectivity index is 2.88. The van der Waals surface area contributed by atoms with Gasteiger partial charge in [-0.3, -0.25) is 19.3 Å². The van der Waals surface area contributed by atoms with Gasteiger partial charge in [0.15, 0.2) is 11.7 Å². The Bertz CT molecular complexity index is 999. The Morgan fingerprint density at radius 1 is 1.23 bits per heavy atom. The van der Waals surface area contributed by atoms with Crippen molar-refractivity contribution in [3.63, 3.8) is 0 Å². The van der Waals surface area contributed by atoms with E-state index < -0.39 is 41.4 Å². The van der Waals surface area contributed by atoms with Crippen molar-refractivity contribution in [3.05, 3.63) is 11.4 Å². The first-order chi connectivity index (χ1) is 15.9. The molecule has 5 atom stereocenters. The molecule has 1 aliphatic rings. The molecule has 202 valence electrons. The molecular formula is C14H28N5O12P3S. The van der Waals surface area contributed by atoms with Crippen molar-refractivity contribution in [1.29, 1.82) is 5.41 Å². The number of thioether (sulfide) groups is 1. The Hall–Kier alpha value is -1.13. The maximum atomic E-state index is 12.1. The summed E-state index contributed by atoms with van der Waals surface area (Å²) in [4.78, 5) is 44.2. The van der Waals surface area contributed by atoms with Crippen molar-refractivity contribution < 1.29 is 55.9 Å². The smallest absolute Gasteiger partial charge is 0.392 e. The molecule has 0 aromatic carbocycles. The van der Waals surface area contributed by atoms with Gasteiger partial charge in [0.25, 0.3) is 0 Å². The second-order valence-electron chi connectivity index (χ2n) is 6.97. The number of hydrogen-bond acceptors (Lipinski definition) is 12. The van der Waals surface area contributed by atoms with Gasteiger partial charge in [0.1, 0.15) is 5.82 Å². The number of aliphatic hydroxyl groups is 1. The second kappa shape index (κ2) is 12.9. The average Bonchev–Trinajstić information content (AvgIpc) is 3.05. The van der Waals surface area contributed by atoms with Gasteiger partial charge in [0, 0.05) is 24.5 Å². The number of Topliss-reactive ketones (excluding diaryl/α,β-unsaturated/α-hetero) is 1. The number of ketones is 1. The van der Waals surface area contributed by atoms with E-state index in [1.807, 2.05) is 0 Å². The predicted octanol–water partition coefficient (Wildman–Crippen LogP) is 0.222. The zero-order valence-corrected chi connectivity index (χ0v) is 22.3. The van der Waals surface area contributed by atoms with E-state index >= 15 is 0 Å². The van der Waals surface area contributed by atoms with Gasteiger partial charge in [-0.05, 0) is 20.3 Å². The lowest BCUT2D eigenvalue weighted by molar-refractivity contribution is -0.113. The molecule has 0 aromatic heterocycles. The number of phosphoric acid groups is 3. The topological polar surface area (TPSA) is 278 Å². The van der Waals surface area contributed by atoms with Gasteiger partial charge in [-0.15, -0.1) is 11.8 Å². The van der Waals surface area contributed by atoms with Crippen LogP contribution in [-0.2, 0) is 36.2 Å². The second-order valence-corrected chi connectivity index (χ2v) is 13.3. The number of allylic oxidation sites excluding steroid dienone is 1. The van der Waals surface area contributed by atoms with Crippen LogP contribution in [0.15, 0.2) is 16.4 Å². The van der Waals surface area contributed by atoms with E-state index in [0.29, 0.717) is 7.11 Å². The molecule has 0 aromatic rings. The summed E-state index contributed by atoms with van der Waals surface area (Å²) in [5, 5.41) is 16.8. The molecule has 0 bridgehead atoms. The van der Waals surface area contributed by atoms with Gasteiger partial charge >= 0.3 is 23.5 Å². The maximum Gasteiger partial charge on any atom is 0.492 e. The van der Waals surface area contributed by atoms with E-state index in [4.69, 9.17) is 31.2 Å². The molecule has 1 heterocycles. The van der Waals surface area contributed by atoms with Crippen LogP contribution in [0.1, 0.15) is 20.3 Å². The third kappa shape index (κ3) is 10.8. The molecule has 1 saturated heterocycles. The first kappa shape index (κ1) is 31.9. The van der Waals surface area contributed by atoms with Crippen molar-refractivity contribution in [1.82, 2.24) is 4.90 Å². The highest BCUT2D eigenvalue weighted by Gasteiger charge is 2.44. The van der Waals surface area contributed by atoms with E-state index in [1.54, 1.807) is 0 Å². The molecule has 1 rings (SSSR count). The fraction of sp³-hybridized carbons (Fsp3) is 0.643. The summed E-state index contributed by atoms with van der Waals surface area (Å²) in [5.74, 6) is -0.638.